The molecule has 3 heteroatoms. The first-order valence-electron chi connectivity index (χ1n) is 5.93. The Morgan fingerprint density at radius 3 is 2.39 bits per heavy atom. The second-order valence-electron chi connectivity index (χ2n) is 4.55. The molecular formula is C15H17NOS. The minimum absolute atomic E-state index is 0.0720. The molecule has 0 aliphatic rings. The average Bonchev–Trinajstić information content (AvgIpc) is 2.75. The quantitative estimate of drug-likeness (QED) is 0.824. The van der Waals surface area contributed by atoms with Crippen molar-refractivity contribution >= 4 is 17.2 Å². The molecule has 0 saturated heterocycles. The van der Waals surface area contributed by atoms with Crippen molar-refractivity contribution in [2.45, 2.75) is 20.4 Å². The molecule has 0 bridgehead atoms. The lowest BCUT2D eigenvalue weighted by atomic mass is 10.1. The minimum atomic E-state index is 0.0720. The zero-order chi connectivity index (χ0) is 13.1. The van der Waals surface area contributed by atoms with Gasteiger partial charge in [-0.15, -0.1) is 11.3 Å². The molecule has 0 aliphatic carbocycles. The number of benzene rings is 1. The Morgan fingerprint density at radius 2 is 1.83 bits per heavy atom. The van der Waals surface area contributed by atoms with Crippen molar-refractivity contribution in [2.24, 2.45) is 0 Å². The first-order valence-corrected chi connectivity index (χ1v) is 6.81. The van der Waals surface area contributed by atoms with E-state index in [1.165, 1.54) is 16.0 Å². The number of hydrogen-bond donors (Lipinski definition) is 0. The number of rotatable bonds is 3. The fourth-order valence-electron chi connectivity index (χ4n) is 1.77. The molecule has 2 nitrogen and oxygen atoms in total. The van der Waals surface area contributed by atoms with Crippen LogP contribution in [0, 0.1) is 13.8 Å². The molecule has 0 fully saturated rings. The number of hydrogen-bond acceptors (Lipinski definition) is 2. The summed E-state index contributed by atoms with van der Waals surface area (Å²) in [4.78, 5) is 15.2. The van der Waals surface area contributed by atoms with E-state index in [1.54, 1.807) is 16.2 Å². The summed E-state index contributed by atoms with van der Waals surface area (Å²) in [7, 11) is 1.85. The van der Waals surface area contributed by atoms with Crippen LogP contribution in [0.5, 0.6) is 0 Å². The highest BCUT2D eigenvalue weighted by molar-refractivity contribution is 7.10. The highest BCUT2D eigenvalue weighted by atomic mass is 32.1. The van der Waals surface area contributed by atoms with Gasteiger partial charge in [0.05, 0.1) is 6.54 Å². The molecular weight excluding hydrogens is 242 g/mol. The summed E-state index contributed by atoms with van der Waals surface area (Å²) in [6.45, 7) is 4.78. The highest BCUT2D eigenvalue weighted by Crippen LogP contribution is 2.18. The second kappa shape index (κ2) is 5.36. The van der Waals surface area contributed by atoms with E-state index in [1.807, 2.05) is 38.2 Å². The fourth-order valence-corrected chi connectivity index (χ4v) is 2.73. The lowest BCUT2D eigenvalue weighted by molar-refractivity contribution is 0.0786. The highest BCUT2D eigenvalue weighted by Gasteiger charge is 2.13. The van der Waals surface area contributed by atoms with Crippen molar-refractivity contribution in [3.8, 4) is 0 Å². The number of amides is 1. The minimum Gasteiger partial charge on any atom is -0.337 e. The third-order valence-electron chi connectivity index (χ3n) is 2.99. The standard InChI is InChI=1S/C15H17NOS/c1-11-4-6-13(7-5-11)15(17)16(3)10-14-12(2)8-9-18-14/h4-9H,10H2,1-3H3. The van der Waals surface area contributed by atoms with Gasteiger partial charge in [-0.1, -0.05) is 17.7 Å². The summed E-state index contributed by atoms with van der Waals surface area (Å²) in [6, 6.07) is 9.80. The lowest BCUT2D eigenvalue weighted by Gasteiger charge is -2.17. The van der Waals surface area contributed by atoms with Gasteiger partial charge in [0.15, 0.2) is 0 Å². The fraction of sp³-hybridized carbons (Fsp3) is 0.267. The van der Waals surface area contributed by atoms with Crippen LogP contribution >= 0.6 is 11.3 Å². The van der Waals surface area contributed by atoms with Gasteiger partial charge in [0.25, 0.3) is 5.91 Å². The van der Waals surface area contributed by atoms with E-state index in [0.717, 1.165) is 5.56 Å². The van der Waals surface area contributed by atoms with Crippen molar-refractivity contribution in [2.75, 3.05) is 7.05 Å². The molecule has 0 aliphatic heterocycles. The Hall–Kier alpha value is -1.61. The van der Waals surface area contributed by atoms with E-state index in [4.69, 9.17) is 0 Å². The Balaban J connectivity index is 2.09. The van der Waals surface area contributed by atoms with Crippen LogP contribution in [-0.2, 0) is 6.54 Å². The van der Waals surface area contributed by atoms with E-state index in [-0.39, 0.29) is 5.91 Å². The second-order valence-corrected chi connectivity index (χ2v) is 5.55. The normalized spacial score (nSPS) is 10.4. The summed E-state index contributed by atoms with van der Waals surface area (Å²) in [5.41, 5.74) is 3.17. The first-order chi connectivity index (χ1) is 8.58. The Morgan fingerprint density at radius 1 is 1.17 bits per heavy atom. The summed E-state index contributed by atoms with van der Waals surface area (Å²) < 4.78 is 0. The van der Waals surface area contributed by atoms with Gasteiger partial charge in [0.1, 0.15) is 0 Å². The molecule has 0 unspecified atom stereocenters. The third kappa shape index (κ3) is 2.79. The average molecular weight is 259 g/mol. The Kier molecular flexibility index (Phi) is 3.82. The monoisotopic (exact) mass is 259 g/mol. The molecule has 0 radical (unpaired) electrons. The summed E-state index contributed by atoms with van der Waals surface area (Å²) in [6.07, 6.45) is 0. The van der Waals surface area contributed by atoms with Crippen LogP contribution in [0.1, 0.15) is 26.4 Å². The molecule has 2 rings (SSSR count). The Bertz CT molecular complexity index is 542. The van der Waals surface area contributed by atoms with Gasteiger partial charge >= 0.3 is 0 Å². The molecule has 2 aromatic rings. The van der Waals surface area contributed by atoms with E-state index >= 15 is 0 Å². The summed E-state index contributed by atoms with van der Waals surface area (Å²) in [5, 5.41) is 2.06. The van der Waals surface area contributed by atoms with Crippen LogP contribution < -0.4 is 0 Å². The van der Waals surface area contributed by atoms with Gasteiger partial charge in [0.2, 0.25) is 0 Å². The zero-order valence-corrected chi connectivity index (χ0v) is 11.8. The van der Waals surface area contributed by atoms with Gasteiger partial charge in [-0.25, -0.2) is 0 Å². The van der Waals surface area contributed by atoms with Crippen LogP contribution in [0.3, 0.4) is 0 Å². The van der Waals surface area contributed by atoms with Gasteiger partial charge in [-0.2, -0.15) is 0 Å². The maximum Gasteiger partial charge on any atom is 0.253 e. The molecule has 18 heavy (non-hydrogen) atoms. The van der Waals surface area contributed by atoms with Gasteiger partial charge in [0, 0.05) is 17.5 Å². The number of carbonyl (C=O) groups is 1. The molecule has 0 atom stereocenters. The van der Waals surface area contributed by atoms with Crippen molar-refractivity contribution < 1.29 is 4.79 Å². The van der Waals surface area contributed by atoms with Crippen LogP contribution in [0.25, 0.3) is 0 Å². The predicted molar refractivity (Wildman–Crippen MR) is 76.0 cm³/mol. The van der Waals surface area contributed by atoms with E-state index in [2.05, 4.69) is 18.4 Å². The summed E-state index contributed by atoms with van der Waals surface area (Å²) in [5.74, 6) is 0.0720. The van der Waals surface area contributed by atoms with Gasteiger partial charge < -0.3 is 4.90 Å². The molecule has 1 amide bonds. The van der Waals surface area contributed by atoms with Crippen molar-refractivity contribution in [1.82, 2.24) is 4.90 Å². The zero-order valence-electron chi connectivity index (χ0n) is 10.9. The van der Waals surface area contributed by atoms with Gasteiger partial charge in [-0.05, 0) is 43.0 Å². The Labute approximate surface area is 112 Å². The number of thiophene rings is 1. The van der Waals surface area contributed by atoms with Crippen LogP contribution in [-0.4, -0.2) is 17.9 Å². The number of aryl methyl sites for hydroxylation is 2. The van der Waals surface area contributed by atoms with E-state index in [0.29, 0.717) is 6.54 Å². The van der Waals surface area contributed by atoms with Crippen LogP contribution in [0.2, 0.25) is 0 Å². The maximum absolute atomic E-state index is 12.2. The molecule has 0 N–H and O–H groups in total. The summed E-state index contributed by atoms with van der Waals surface area (Å²) >= 11 is 1.70. The first kappa shape index (κ1) is 12.8. The topological polar surface area (TPSA) is 20.3 Å². The molecule has 0 saturated carbocycles. The van der Waals surface area contributed by atoms with Crippen molar-refractivity contribution in [3.05, 3.63) is 57.3 Å². The molecule has 0 spiro atoms. The third-order valence-corrected chi connectivity index (χ3v) is 4.00. The van der Waals surface area contributed by atoms with Crippen LogP contribution in [0.4, 0.5) is 0 Å². The maximum atomic E-state index is 12.2. The smallest absolute Gasteiger partial charge is 0.253 e. The van der Waals surface area contributed by atoms with Crippen LogP contribution in [0.15, 0.2) is 35.7 Å². The van der Waals surface area contributed by atoms with E-state index in [9.17, 15) is 4.79 Å². The van der Waals surface area contributed by atoms with Crippen molar-refractivity contribution in [3.63, 3.8) is 0 Å². The SMILES string of the molecule is Cc1ccc(C(=O)N(C)Cc2sccc2C)cc1. The van der Waals surface area contributed by atoms with Gasteiger partial charge in [-0.3, -0.25) is 4.79 Å². The molecule has 1 heterocycles. The largest absolute Gasteiger partial charge is 0.337 e. The van der Waals surface area contributed by atoms with Crippen molar-refractivity contribution in [1.29, 1.82) is 0 Å². The number of nitrogens with zero attached hydrogens (tertiary/aromatic N) is 1. The molecule has 1 aromatic heterocycles. The van der Waals surface area contributed by atoms with E-state index < -0.39 is 0 Å². The lowest BCUT2D eigenvalue weighted by Crippen LogP contribution is -2.26. The predicted octanol–water partition coefficient (Wildman–Crippen LogP) is 3.64. The molecule has 1 aromatic carbocycles. The number of carbonyl (C=O) groups excluding carboxylic acids is 1. The molecule has 94 valence electrons.